The van der Waals surface area contributed by atoms with Crippen LogP contribution in [-0.4, -0.2) is 25.2 Å². The molecule has 0 bridgehead atoms. The van der Waals surface area contributed by atoms with E-state index < -0.39 is 10.0 Å². The Kier molecular flexibility index (Phi) is 4.19. The topological polar surface area (TPSA) is 166 Å². The maximum absolute atomic E-state index is 11.1. The first-order chi connectivity index (χ1) is 9.88. The van der Waals surface area contributed by atoms with E-state index >= 15 is 0 Å². The summed E-state index contributed by atoms with van der Waals surface area (Å²) < 4.78 is 22.2. The van der Waals surface area contributed by atoms with Gasteiger partial charge in [-0.25, -0.2) is 13.6 Å². The standard InChI is InChI=1S/C11H15N7O2S/c12-10-9(11(13)18-17-10)16-15-6-5-7-1-3-8(4-2-7)21(14,19)20/h1-4H,5-6H2,(H2,14,19,20)(H5,12,13,17,18). The predicted octanol–water partition coefficient (Wildman–Crippen LogP) is 0.548. The number of aromatic amines is 1. The Hall–Kier alpha value is -2.46. The number of hydrogen-bond donors (Lipinski definition) is 4. The van der Waals surface area contributed by atoms with Gasteiger partial charge >= 0.3 is 0 Å². The molecule has 0 aliphatic carbocycles. The van der Waals surface area contributed by atoms with Crippen LogP contribution in [0.5, 0.6) is 0 Å². The lowest BCUT2D eigenvalue weighted by Gasteiger charge is -2.00. The minimum Gasteiger partial charge on any atom is -0.382 e. The van der Waals surface area contributed by atoms with Gasteiger partial charge in [0.25, 0.3) is 0 Å². The zero-order chi connectivity index (χ0) is 15.5. The van der Waals surface area contributed by atoms with Crippen molar-refractivity contribution in [1.29, 1.82) is 0 Å². The average molecular weight is 309 g/mol. The first kappa shape index (κ1) is 14.9. The molecule has 1 aromatic heterocycles. The molecule has 112 valence electrons. The number of aromatic nitrogens is 2. The smallest absolute Gasteiger partial charge is 0.238 e. The van der Waals surface area contributed by atoms with E-state index in [1.165, 1.54) is 12.1 Å². The molecule has 10 heteroatoms. The molecule has 0 saturated heterocycles. The van der Waals surface area contributed by atoms with Crippen LogP contribution < -0.4 is 16.6 Å². The second-order valence-corrected chi connectivity index (χ2v) is 5.84. The molecule has 9 nitrogen and oxygen atoms in total. The number of nitrogen functional groups attached to an aromatic ring is 2. The number of rotatable bonds is 5. The van der Waals surface area contributed by atoms with Crippen LogP contribution in [0.1, 0.15) is 5.56 Å². The van der Waals surface area contributed by atoms with E-state index in [9.17, 15) is 8.42 Å². The third-order valence-corrected chi connectivity index (χ3v) is 3.65. The van der Waals surface area contributed by atoms with Gasteiger partial charge in [0.15, 0.2) is 11.5 Å². The highest BCUT2D eigenvalue weighted by Gasteiger charge is 2.07. The van der Waals surface area contributed by atoms with E-state index in [1.54, 1.807) is 12.1 Å². The van der Waals surface area contributed by atoms with Crippen LogP contribution in [0.4, 0.5) is 17.3 Å². The van der Waals surface area contributed by atoms with Crippen LogP contribution in [0.2, 0.25) is 0 Å². The van der Waals surface area contributed by atoms with E-state index in [-0.39, 0.29) is 16.5 Å². The summed E-state index contributed by atoms with van der Waals surface area (Å²) in [4.78, 5) is 0.0758. The highest BCUT2D eigenvalue weighted by Crippen LogP contribution is 2.25. The van der Waals surface area contributed by atoms with E-state index in [4.69, 9.17) is 16.6 Å². The highest BCUT2D eigenvalue weighted by atomic mass is 32.2. The fraction of sp³-hybridized carbons (Fsp3) is 0.182. The fourth-order valence-corrected chi connectivity index (χ4v) is 2.13. The van der Waals surface area contributed by atoms with E-state index in [2.05, 4.69) is 20.4 Å². The monoisotopic (exact) mass is 309 g/mol. The summed E-state index contributed by atoms with van der Waals surface area (Å²) in [5.74, 6) is 0.447. The van der Waals surface area contributed by atoms with Gasteiger partial charge in [0.05, 0.1) is 11.4 Å². The minimum absolute atomic E-state index is 0.0758. The number of benzene rings is 1. The molecule has 2 aromatic rings. The quantitative estimate of drug-likeness (QED) is 0.591. The molecule has 21 heavy (non-hydrogen) atoms. The number of primary sulfonamides is 1. The molecule has 0 aliphatic heterocycles. The first-order valence-electron chi connectivity index (χ1n) is 5.96. The van der Waals surface area contributed by atoms with E-state index in [0.29, 0.717) is 18.7 Å². The zero-order valence-corrected chi connectivity index (χ0v) is 11.8. The Morgan fingerprint density at radius 2 is 1.86 bits per heavy atom. The number of H-pyrrole nitrogens is 1. The van der Waals surface area contributed by atoms with Crippen molar-refractivity contribution in [2.24, 2.45) is 15.4 Å². The number of azo groups is 1. The van der Waals surface area contributed by atoms with Gasteiger partial charge in [-0.15, -0.1) is 5.11 Å². The normalized spacial score (nSPS) is 12.0. The fourth-order valence-electron chi connectivity index (χ4n) is 1.62. The van der Waals surface area contributed by atoms with Gasteiger partial charge < -0.3 is 11.5 Å². The van der Waals surface area contributed by atoms with Crippen molar-refractivity contribution in [2.45, 2.75) is 11.3 Å². The van der Waals surface area contributed by atoms with E-state index in [1.807, 2.05) is 0 Å². The molecular formula is C11H15N7O2S. The van der Waals surface area contributed by atoms with Crippen LogP contribution in [0.3, 0.4) is 0 Å². The number of nitrogens with zero attached hydrogens (tertiary/aromatic N) is 3. The molecule has 0 fully saturated rings. The molecule has 0 spiro atoms. The van der Waals surface area contributed by atoms with Crippen LogP contribution in [-0.2, 0) is 16.4 Å². The van der Waals surface area contributed by atoms with Gasteiger partial charge in [-0.2, -0.15) is 10.2 Å². The number of nitrogens with one attached hydrogen (secondary N) is 1. The van der Waals surface area contributed by atoms with Crippen molar-refractivity contribution in [3.63, 3.8) is 0 Å². The van der Waals surface area contributed by atoms with Gasteiger partial charge in [-0.3, -0.25) is 5.10 Å². The summed E-state index contributed by atoms with van der Waals surface area (Å²) in [5.41, 5.74) is 12.3. The molecule has 7 N–H and O–H groups in total. The van der Waals surface area contributed by atoms with Crippen molar-refractivity contribution in [1.82, 2.24) is 10.2 Å². The second kappa shape index (κ2) is 5.89. The second-order valence-electron chi connectivity index (χ2n) is 4.28. The van der Waals surface area contributed by atoms with Crippen molar-refractivity contribution in [2.75, 3.05) is 18.0 Å². The maximum Gasteiger partial charge on any atom is 0.238 e. The molecule has 0 aliphatic rings. The lowest BCUT2D eigenvalue weighted by atomic mass is 10.2. The summed E-state index contributed by atoms with van der Waals surface area (Å²) in [6, 6.07) is 6.26. The van der Waals surface area contributed by atoms with Crippen molar-refractivity contribution < 1.29 is 8.42 Å². The Morgan fingerprint density at radius 1 is 1.19 bits per heavy atom. The Morgan fingerprint density at radius 3 is 2.38 bits per heavy atom. The third kappa shape index (κ3) is 3.77. The van der Waals surface area contributed by atoms with Crippen LogP contribution in [0.15, 0.2) is 39.4 Å². The number of nitrogens with two attached hydrogens (primary N) is 3. The Balaban J connectivity index is 1.95. The maximum atomic E-state index is 11.1. The summed E-state index contributed by atoms with van der Waals surface area (Å²) >= 11 is 0. The average Bonchev–Trinajstić information content (AvgIpc) is 2.74. The molecule has 0 unspecified atom stereocenters. The van der Waals surface area contributed by atoms with Crippen LogP contribution in [0.25, 0.3) is 0 Å². The Labute approximate surface area is 121 Å². The van der Waals surface area contributed by atoms with Gasteiger partial charge in [0.2, 0.25) is 10.0 Å². The number of sulfonamides is 1. The van der Waals surface area contributed by atoms with Crippen LogP contribution in [0, 0.1) is 0 Å². The molecule has 0 amide bonds. The van der Waals surface area contributed by atoms with Gasteiger partial charge in [-0.1, -0.05) is 12.1 Å². The van der Waals surface area contributed by atoms with Gasteiger partial charge in [-0.05, 0) is 24.1 Å². The Bertz CT molecular complexity index is 730. The molecule has 0 atom stereocenters. The SMILES string of the molecule is Nc1n[nH]c(N)c1N=NCCc1ccc(S(N)(=O)=O)cc1. The summed E-state index contributed by atoms with van der Waals surface area (Å²) in [6.07, 6.45) is 0.589. The number of hydrogen-bond acceptors (Lipinski definition) is 7. The number of anilines is 2. The molecule has 0 saturated carbocycles. The van der Waals surface area contributed by atoms with Gasteiger partial charge in [0.1, 0.15) is 5.82 Å². The summed E-state index contributed by atoms with van der Waals surface area (Å²) in [7, 11) is -3.66. The van der Waals surface area contributed by atoms with Crippen molar-refractivity contribution in [3.05, 3.63) is 29.8 Å². The first-order valence-corrected chi connectivity index (χ1v) is 7.51. The molecular weight excluding hydrogens is 294 g/mol. The largest absolute Gasteiger partial charge is 0.382 e. The van der Waals surface area contributed by atoms with E-state index in [0.717, 1.165) is 5.56 Å². The van der Waals surface area contributed by atoms with Crippen molar-refractivity contribution >= 4 is 27.3 Å². The zero-order valence-electron chi connectivity index (χ0n) is 11.0. The highest BCUT2D eigenvalue weighted by molar-refractivity contribution is 7.89. The molecule has 2 rings (SSSR count). The van der Waals surface area contributed by atoms with Gasteiger partial charge in [0, 0.05) is 0 Å². The minimum atomic E-state index is -3.66. The lowest BCUT2D eigenvalue weighted by molar-refractivity contribution is 0.598. The lowest BCUT2D eigenvalue weighted by Crippen LogP contribution is -2.11. The molecule has 0 radical (unpaired) electrons. The summed E-state index contributed by atoms with van der Waals surface area (Å²) in [6.45, 7) is 0.402. The van der Waals surface area contributed by atoms with Crippen LogP contribution >= 0.6 is 0 Å². The molecule has 1 heterocycles. The third-order valence-electron chi connectivity index (χ3n) is 2.72. The summed E-state index contributed by atoms with van der Waals surface area (Å²) in [5, 5.41) is 19.1. The molecule has 1 aromatic carbocycles. The predicted molar refractivity (Wildman–Crippen MR) is 78.3 cm³/mol. The van der Waals surface area contributed by atoms with Crippen molar-refractivity contribution in [3.8, 4) is 0 Å².